The van der Waals surface area contributed by atoms with Crippen molar-refractivity contribution in [1.82, 2.24) is 14.2 Å². The van der Waals surface area contributed by atoms with Gasteiger partial charge in [0.15, 0.2) is 0 Å². The van der Waals surface area contributed by atoms with Crippen LogP contribution in [0.4, 0.5) is 5.82 Å². The number of aromatic nitrogens is 1. The van der Waals surface area contributed by atoms with E-state index in [1.165, 1.54) is 10.1 Å². The molecule has 3 heterocycles. The van der Waals surface area contributed by atoms with Gasteiger partial charge in [-0.15, -0.1) is 0 Å². The number of ether oxygens (including phenoxy) is 1. The van der Waals surface area contributed by atoms with E-state index in [-0.39, 0.29) is 11.9 Å². The highest BCUT2D eigenvalue weighted by Crippen LogP contribution is 2.29. The highest BCUT2D eigenvalue weighted by atomic mass is 32.1. The molecule has 2 aliphatic heterocycles. The van der Waals surface area contributed by atoms with E-state index in [9.17, 15) is 4.79 Å². The van der Waals surface area contributed by atoms with Crippen molar-refractivity contribution in [3.63, 3.8) is 0 Å². The summed E-state index contributed by atoms with van der Waals surface area (Å²) in [5.74, 6) is 1.30. The van der Waals surface area contributed by atoms with Crippen LogP contribution in [0.15, 0.2) is 24.3 Å². The van der Waals surface area contributed by atoms with Gasteiger partial charge in [0, 0.05) is 44.7 Å². The van der Waals surface area contributed by atoms with Gasteiger partial charge in [-0.1, -0.05) is 12.1 Å². The molecule has 0 unspecified atom stereocenters. The minimum absolute atomic E-state index is 0.0597. The van der Waals surface area contributed by atoms with Gasteiger partial charge in [-0.25, -0.2) is 0 Å². The van der Waals surface area contributed by atoms with Crippen molar-refractivity contribution in [3.05, 3.63) is 24.3 Å². The molecule has 0 bridgehead atoms. The molecule has 2 aliphatic rings. The van der Waals surface area contributed by atoms with Gasteiger partial charge < -0.3 is 14.5 Å². The first-order valence-electron chi connectivity index (χ1n) is 8.94. The first-order valence-corrected chi connectivity index (χ1v) is 9.71. The van der Waals surface area contributed by atoms with Crippen LogP contribution < -0.4 is 4.90 Å². The Morgan fingerprint density at radius 2 is 1.84 bits per heavy atom. The first-order chi connectivity index (χ1) is 12.2. The number of anilines is 1. The lowest BCUT2D eigenvalue weighted by atomic mass is 10.2. The van der Waals surface area contributed by atoms with E-state index in [0.717, 1.165) is 58.3 Å². The van der Waals surface area contributed by atoms with Crippen LogP contribution in [0, 0.1) is 0 Å². The lowest BCUT2D eigenvalue weighted by Crippen LogP contribution is -2.55. The number of hydrogen-bond donors (Lipinski definition) is 0. The molecule has 134 valence electrons. The summed E-state index contributed by atoms with van der Waals surface area (Å²) in [5, 5.41) is 1.22. The van der Waals surface area contributed by atoms with Gasteiger partial charge in [0.1, 0.15) is 5.82 Å². The Hall–Kier alpha value is -1.70. The van der Waals surface area contributed by atoms with Gasteiger partial charge in [0.2, 0.25) is 5.91 Å². The van der Waals surface area contributed by atoms with Crippen LogP contribution in [0.5, 0.6) is 0 Å². The molecule has 1 atom stereocenters. The molecule has 7 heteroatoms. The summed E-state index contributed by atoms with van der Waals surface area (Å²) in [4.78, 5) is 19.4. The quantitative estimate of drug-likeness (QED) is 0.833. The van der Waals surface area contributed by atoms with E-state index in [2.05, 4.69) is 32.4 Å². The molecule has 1 aromatic heterocycles. The van der Waals surface area contributed by atoms with Gasteiger partial charge >= 0.3 is 0 Å². The standard InChI is InChI=1S/C18H24N4O2S/c1-14(20-10-12-24-13-11-20)18(23)22-8-6-21(7-9-22)17-15-4-2-3-5-16(15)25-19-17/h2-5,14H,6-13H2,1H3/t14-/m1/s1. The zero-order valence-electron chi connectivity index (χ0n) is 14.6. The van der Waals surface area contributed by atoms with Crippen LogP contribution in [0.3, 0.4) is 0 Å². The summed E-state index contributed by atoms with van der Waals surface area (Å²) < 4.78 is 11.2. The predicted octanol–water partition coefficient (Wildman–Crippen LogP) is 1.67. The highest BCUT2D eigenvalue weighted by Gasteiger charge is 2.30. The Balaban J connectivity index is 1.38. The Kier molecular flexibility index (Phi) is 4.87. The van der Waals surface area contributed by atoms with Crippen molar-refractivity contribution < 1.29 is 9.53 Å². The van der Waals surface area contributed by atoms with Crippen LogP contribution in [0.25, 0.3) is 10.1 Å². The first kappa shape index (κ1) is 16.8. The van der Waals surface area contributed by atoms with E-state index in [1.807, 2.05) is 17.9 Å². The van der Waals surface area contributed by atoms with Gasteiger partial charge in [0.05, 0.1) is 24.0 Å². The van der Waals surface area contributed by atoms with Crippen LogP contribution in [-0.2, 0) is 9.53 Å². The molecule has 0 N–H and O–H groups in total. The van der Waals surface area contributed by atoms with Gasteiger partial charge in [-0.2, -0.15) is 4.37 Å². The molecule has 2 saturated heterocycles. The second-order valence-corrected chi connectivity index (χ2v) is 7.44. The Bertz CT molecular complexity index is 736. The fraction of sp³-hybridized carbons (Fsp3) is 0.556. The lowest BCUT2D eigenvalue weighted by molar-refractivity contribution is -0.138. The molecular formula is C18H24N4O2S. The van der Waals surface area contributed by atoms with E-state index < -0.39 is 0 Å². The van der Waals surface area contributed by atoms with Crippen LogP contribution in [-0.4, -0.2) is 78.6 Å². The maximum absolute atomic E-state index is 12.8. The van der Waals surface area contributed by atoms with Crippen molar-refractivity contribution >= 4 is 33.3 Å². The largest absolute Gasteiger partial charge is 0.379 e. The van der Waals surface area contributed by atoms with Gasteiger partial charge in [-0.05, 0) is 30.6 Å². The highest BCUT2D eigenvalue weighted by molar-refractivity contribution is 7.13. The number of benzene rings is 1. The molecule has 2 aromatic rings. The smallest absolute Gasteiger partial charge is 0.239 e. The number of carbonyl (C=O) groups excluding carboxylic acids is 1. The van der Waals surface area contributed by atoms with E-state index in [4.69, 9.17) is 4.74 Å². The Morgan fingerprint density at radius 1 is 1.12 bits per heavy atom. The number of morpholine rings is 1. The summed E-state index contributed by atoms with van der Waals surface area (Å²) >= 11 is 1.55. The Morgan fingerprint density at radius 3 is 2.60 bits per heavy atom. The molecule has 0 saturated carbocycles. The summed E-state index contributed by atoms with van der Waals surface area (Å²) in [7, 11) is 0. The fourth-order valence-electron chi connectivity index (χ4n) is 3.62. The third-order valence-electron chi connectivity index (χ3n) is 5.20. The normalized spacial score (nSPS) is 20.8. The number of carbonyl (C=O) groups is 1. The summed E-state index contributed by atoms with van der Waals surface area (Å²) in [6, 6.07) is 8.29. The minimum Gasteiger partial charge on any atom is -0.379 e. The number of rotatable bonds is 3. The lowest BCUT2D eigenvalue weighted by Gasteiger charge is -2.39. The molecular weight excluding hydrogens is 336 g/mol. The van der Waals surface area contributed by atoms with E-state index in [0.29, 0.717) is 0 Å². The molecule has 2 fully saturated rings. The van der Waals surface area contributed by atoms with Crippen molar-refractivity contribution in [1.29, 1.82) is 0 Å². The van der Waals surface area contributed by atoms with Crippen LogP contribution in [0.2, 0.25) is 0 Å². The zero-order chi connectivity index (χ0) is 17.2. The Labute approximate surface area is 152 Å². The van der Waals surface area contributed by atoms with Crippen molar-refractivity contribution in [2.24, 2.45) is 0 Å². The number of nitrogens with zero attached hydrogens (tertiary/aromatic N) is 4. The maximum Gasteiger partial charge on any atom is 0.239 e. The molecule has 4 rings (SSSR count). The van der Waals surface area contributed by atoms with E-state index >= 15 is 0 Å². The summed E-state index contributed by atoms with van der Waals surface area (Å²) in [5.41, 5.74) is 0. The number of amides is 1. The molecule has 0 radical (unpaired) electrons. The third-order valence-corrected chi connectivity index (χ3v) is 6.02. The van der Waals surface area contributed by atoms with Gasteiger partial charge in [0.25, 0.3) is 0 Å². The van der Waals surface area contributed by atoms with Crippen molar-refractivity contribution in [3.8, 4) is 0 Å². The average molecular weight is 360 g/mol. The molecule has 1 amide bonds. The SMILES string of the molecule is C[C@H](C(=O)N1CCN(c2nsc3ccccc23)CC1)N1CCOCC1. The summed E-state index contributed by atoms with van der Waals surface area (Å²) in [6.07, 6.45) is 0. The minimum atomic E-state index is -0.0597. The molecule has 25 heavy (non-hydrogen) atoms. The van der Waals surface area contributed by atoms with Gasteiger partial charge in [-0.3, -0.25) is 9.69 Å². The van der Waals surface area contributed by atoms with Crippen molar-refractivity contribution in [2.45, 2.75) is 13.0 Å². The number of piperazine rings is 1. The monoisotopic (exact) mass is 360 g/mol. The van der Waals surface area contributed by atoms with E-state index in [1.54, 1.807) is 11.5 Å². The second kappa shape index (κ2) is 7.27. The zero-order valence-corrected chi connectivity index (χ0v) is 15.4. The summed E-state index contributed by atoms with van der Waals surface area (Å²) in [6.45, 7) is 8.37. The molecule has 0 aliphatic carbocycles. The van der Waals surface area contributed by atoms with Crippen LogP contribution in [0.1, 0.15) is 6.92 Å². The predicted molar refractivity (Wildman–Crippen MR) is 100 cm³/mol. The molecule has 6 nitrogen and oxygen atoms in total. The average Bonchev–Trinajstić information content (AvgIpc) is 3.12. The molecule has 0 spiro atoms. The second-order valence-electron chi connectivity index (χ2n) is 6.64. The topological polar surface area (TPSA) is 48.9 Å². The molecule has 1 aromatic carbocycles. The fourth-order valence-corrected chi connectivity index (χ4v) is 4.42. The third kappa shape index (κ3) is 3.36. The number of fused-ring (bicyclic) bond motifs is 1. The van der Waals surface area contributed by atoms with Crippen molar-refractivity contribution in [2.75, 3.05) is 57.4 Å². The number of hydrogen-bond acceptors (Lipinski definition) is 6. The maximum atomic E-state index is 12.8. The van der Waals surface area contributed by atoms with Crippen LogP contribution >= 0.6 is 11.5 Å².